The third-order valence-corrected chi connectivity index (χ3v) is 6.02. The number of hydrogen-bond donors (Lipinski definition) is 1. The normalized spacial score (nSPS) is 18.7. The first-order valence-corrected chi connectivity index (χ1v) is 12.6. The molecule has 1 fully saturated rings. The van der Waals surface area contributed by atoms with Gasteiger partial charge in [0.2, 0.25) is 0 Å². The number of nitrogens with two attached hydrogens (primary N) is 1. The lowest BCUT2D eigenvalue weighted by molar-refractivity contribution is 0.00575. The molecule has 1 aromatic carbocycles. The molecule has 8 nitrogen and oxygen atoms in total. The second-order valence-corrected chi connectivity index (χ2v) is 10.1. The number of halogens is 1. The Morgan fingerprint density at radius 2 is 1.70 bits per heavy atom. The number of rotatable bonds is 6. The van der Waals surface area contributed by atoms with Crippen LogP contribution in [0.1, 0.15) is 61.3 Å². The summed E-state index contributed by atoms with van der Waals surface area (Å²) >= 11 is 3.28. The van der Waals surface area contributed by atoms with Crippen LogP contribution in [0.3, 0.4) is 0 Å². The second-order valence-electron chi connectivity index (χ2n) is 9.30. The number of hydrogen-bond acceptors (Lipinski definition) is 6. The van der Waals surface area contributed by atoms with Crippen molar-refractivity contribution >= 4 is 33.8 Å². The van der Waals surface area contributed by atoms with Crippen molar-refractivity contribution in [3.63, 3.8) is 0 Å². The minimum absolute atomic E-state index is 0.170. The number of benzene rings is 1. The minimum Gasteiger partial charge on any atom is -0.444 e. The summed E-state index contributed by atoms with van der Waals surface area (Å²) in [6.45, 7) is 12.4. The van der Waals surface area contributed by atoms with Crippen molar-refractivity contribution in [2.75, 3.05) is 44.6 Å². The maximum Gasteiger partial charge on any atom is 0.410 e. The molecule has 0 radical (unpaired) electrons. The van der Waals surface area contributed by atoms with Gasteiger partial charge >= 0.3 is 6.09 Å². The van der Waals surface area contributed by atoms with E-state index in [0.29, 0.717) is 23.7 Å². The predicted octanol–water partition coefficient (Wildman–Crippen LogP) is 3.34. The number of ether oxygens (including phenoxy) is 1. The van der Waals surface area contributed by atoms with E-state index in [0.717, 1.165) is 50.9 Å². The lowest BCUT2D eigenvalue weighted by atomic mass is 10.1. The van der Waals surface area contributed by atoms with Crippen molar-refractivity contribution in [3.8, 4) is 0 Å². The molecule has 1 saturated heterocycles. The smallest absolute Gasteiger partial charge is 0.410 e. The van der Waals surface area contributed by atoms with Crippen molar-refractivity contribution in [3.05, 3.63) is 35.4 Å². The number of carbonyl (C=O) groups is 3. The van der Waals surface area contributed by atoms with Gasteiger partial charge in [-0.15, -0.1) is 0 Å². The molecule has 2 heterocycles. The molecule has 0 aromatic heterocycles. The van der Waals surface area contributed by atoms with Gasteiger partial charge in [0, 0.05) is 37.6 Å². The van der Waals surface area contributed by atoms with Crippen LogP contribution in [0.4, 0.5) is 4.79 Å². The number of alkyl halides is 1. The number of nitrogens with zero attached hydrogens (tertiary/aromatic N) is 3. The summed E-state index contributed by atoms with van der Waals surface area (Å²) in [6, 6.07) is 7.32. The van der Waals surface area contributed by atoms with Crippen molar-refractivity contribution in [2.24, 2.45) is 5.73 Å². The van der Waals surface area contributed by atoms with Gasteiger partial charge in [-0.25, -0.2) is 4.79 Å². The molecule has 2 aliphatic heterocycles. The maximum atomic E-state index is 11.9. The second kappa shape index (κ2) is 12.5. The molecule has 2 aliphatic rings. The van der Waals surface area contributed by atoms with Crippen LogP contribution < -0.4 is 5.73 Å². The topological polar surface area (TPSA) is 96.2 Å². The zero-order valence-electron chi connectivity index (χ0n) is 20.2. The maximum absolute atomic E-state index is 11.9. The van der Waals surface area contributed by atoms with E-state index in [9.17, 15) is 14.4 Å². The zero-order valence-corrected chi connectivity index (χ0v) is 21.8. The number of fused-ring (bicyclic) bond motifs is 1. The Kier molecular flexibility index (Phi) is 10.3. The summed E-state index contributed by atoms with van der Waals surface area (Å²) in [5, 5.41) is 0.792. The van der Waals surface area contributed by atoms with E-state index < -0.39 is 5.60 Å². The van der Waals surface area contributed by atoms with Gasteiger partial charge in [-0.2, -0.15) is 0 Å². The first-order chi connectivity index (χ1) is 15.6. The summed E-state index contributed by atoms with van der Waals surface area (Å²) in [5.74, 6) is -0.340. The molecule has 1 aromatic rings. The summed E-state index contributed by atoms with van der Waals surface area (Å²) in [4.78, 5) is 41.0. The van der Waals surface area contributed by atoms with Crippen LogP contribution >= 0.6 is 15.9 Å². The van der Waals surface area contributed by atoms with Crippen molar-refractivity contribution < 1.29 is 19.1 Å². The minimum atomic E-state index is -0.420. The van der Waals surface area contributed by atoms with Gasteiger partial charge in [-0.1, -0.05) is 28.1 Å². The monoisotopic (exact) mass is 524 g/mol. The highest BCUT2D eigenvalue weighted by Gasteiger charge is 2.34. The Labute approximate surface area is 205 Å². The number of carbonyl (C=O) groups excluding carboxylic acids is 3. The van der Waals surface area contributed by atoms with Crippen LogP contribution in [-0.4, -0.2) is 88.8 Å². The van der Waals surface area contributed by atoms with Gasteiger partial charge in [0.25, 0.3) is 11.8 Å². The third-order valence-electron chi connectivity index (χ3n) is 5.46. The predicted molar refractivity (Wildman–Crippen MR) is 133 cm³/mol. The lowest BCUT2D eigenvalue weighted by Crippen LogP contribution is -2.54. The lowest BCUT2D eigenvalue weighted by Gasteiger charge is -2.40. The van der Waals surface area contributed by atoms with Crippen LogP contribution in [-0.2, 0) is 4.74 Å². The molecule has 0 saturated carbocycles. The van der Waals surface area contributed by atoms with Crippen LogP contribution in [0.15, 0.2) is 24.3 Å². The molecule has 9 heteroatoms. The third kappa shape index (κ3) is 7.79. The Hall–Kier alpha value is -1.97. The van der Waals surface area contributed by atoms with Gasteiger partial charge in [-0.3, -0.25) is 19.4 Å². The number of piperazine rings is 1. The number of imide groups is 1. The summed E-state index contributed by atoms with van der Waals surface area (Å²) in [5.41, 5.74) is 6.16. The van der Waals surface area contributed by atoms with Crippen LogP contribution in [0.2, 0.25) is 0 Å². The average Bonchev–Trinajstić information content (AvgIpc) is 3.00. The van der Waals surface area contributed by atoms with Crippen LogP contribution in [0.25, 0.3) is 0 Å². The molecule has 3 rings (SSSR count). The molecule has 184 valence electrons. The van der Waals surface area contributed by atoms with Gasteiger partial charge in [-0.05, 0) is 65.8 Å². The van der Waals surface area contributed by atoms with Crippen molar-refractivity contribution in [2.45, 2.75) is 52.2 Å². The fraction of sp³-hybridized carbons (Fsp3) is 0.625. The first kappa shape index (κ1) is 27.3. The molecular formula is C24H37BrN4O4. The Bertz CT molecular complexity index is 792. The van der Waals surface area contributed by atoms with Gasteiger partial charge < -0.3 is 15.4 Å². The van der Waals surface area contributed by atoms with E-state index in [2.05, 4.69) is 27.8 Å². The Morgan fingerprint density at radius 1 is 1.09 bits per heavy atom. The molecule has 33 heavy (non-hydrogen) atoms. The molecule has 3 amide bonds. The highest BCUT2D eigenvalue weighted by Crippen LogP contribution is 2.22. The van der Waals surface area contributed by atoms with E-state index in [1.807, 2.05) is 20.8 Å². The molecule has 0 bridgehead atoms. The highest BCUT2D eigenvalue weighted by atomic mass is 79.9. The van der Waals surface area contributed by atoms with Gasteiger partial charge in [0.1, 0.15) is 5.60 Å². The fourth-order valence-electron chi connectivity index (χ4n) is 3.77. The quantitative estimate of drug-likeness (QED) is 0.452. The molecule has 0 unspecified atom stereocenters. The Morgan fingerprint density at radius 3 is 2.18 bits per heavy atom. The highest BCUT2D eigenvalue weighted by molar-refractivity contribution is 9.09. The van der Waals surface area contributed by atoms with E-state index in [4.69, 9.17) is 10.5 Å². The molecule has 1 atom stereocenters. The van der Waals surface area contributed by atoms with E-state index >= 15 is 0 Å². The van der Waals surface area contributed by atoms with E-state index in [1.165, 1.54) is 4.90 Å². The summed E-state index contributed by atoms with van der Waals surface area (Å²) < 4.78 is 5.39. The molecule has 2 N–H and O–H groups in total. The van der Waals surface area contributed by atoms with Crippen LogP contribution in [0.5, 0.6) is 0 Å². The zero-order chi connectivity index (χ0) is 24.6. The molecule has 0 aliphatic carbocycles. The largest absolute Gasteiger partial charge is 0.444 e. The first-order valence-electron chi connectivity index (χ1n) is 11.5. The van der Waals surface area contributed by atoms with E-state index in [1.54, 1.807) is 29.2 Å². The number of amides is 3. The van der Waals surface area contributed by atoms with Crippen molar-refractivity contribution in [1.29, 1.82) is 0 Å². The average molecular weight is 525 g/mol. The van der Waals surface area contributed by atoms with Gasteiger partial charge in [0.15, 0.2) is 0 Å². The fourth-order valence-corrected chi connectivity index (χ4v) is 4.02. The molecule has 0 spiro atoms. The Balaban J connectivity index is 0.000000237. The van der Waals surface area contributed by atoms with Crippen molar-refractivity contribution in [1.82, 2.24) is 14.7 Å². The van der Waals surface area contributed by atoms with Gasteiger partial charge in [0.05, 0.1) is 11.1 Å². The molecular weight excluding hydrogens is 488 g/mol. The summed E-state index contributed by atoms with van der Waals surface area (Å²) in [7, 11) is 0. The van der Waals surface area contributed by atoms with E-state index in [-0.39, 0.29) is 17.9 Å². The van der Waals surface area contributed by atoms with Crippen LogP contribution in [0, 0.1) is 0 Å². The SMILES string of the molecule is C[C@@H]1CN(C(=O)OC(C)(C)C)CCN1CCCN.O=C1c2ccccc2C(=O)N1CCCBr. The summed E-state index contributed by atoms with van der Waals surface area (Å²) in [6.07, 6.45) is 1.59. The standard InChI is InChI=1S/C13H27N3O2.C11H10BrNO2/c1-11-10-16(12(17)18-13(2,3)4)9-8-15(11)7-5-6-14;12-6-3-7-13-10(14)8-4-1-2-5-9(8)11(13)15/h11H,5-10,14H2,1-4H3;1-2,4-5H,3,6-7H2/t11-;/m1./s1.